The summed E-state index contributed by atoms with van der Waals surface area (Å²) >= 11 is 0. The van der Waals surface area contributed by atoms with Gasteiger partial charge in [-0.1, -0.05) is 20.8 Å². The van der Waals surface area contributed by atoms with Gasteiger partial charge in [-0.3, -0.25) is 4.84 Å². The third kappa shape index (κ3) is 1.74. The van der Waals surface area contributed by atoms with Crippen molar-refractivity contribution in [1.82, 2.24) is 5.06 Å². The highest BCUT2D eigenvalue weighted by atomic mass is 16.7. The monoisotopic (exact) mass is 157 g/mol. The molecule has 1 fully saturated rings. The Hall–Kier alpha value is -0.0800. The summed E-state index contributed by atoms with van der Waals surface area (Å²) in [5.74, 6) is 0.660. The number of hydrogen-bond acceptors (Lipinski definition) is 2. The minimum Gasteiger partial charge on any atom is -0.299 e. The van der Waals surface area contributed by atoms with Crippen LogP contribution < -0.4 is 0 Å². The SMILES string of the molecule is CC1C(C(C)(C)C)CON1C. The fourth-order valence-electron chi connectivity index (χ4n) is 1.68. The Balaban J connectivity index is 2.62. The molecule has 0 saturated carbocycles. The molecule has 2 nitrogen and oxygen atoms in total. The zero-order valence-corrected chi connectivity index (χ0v) is 8.22. The molecule has 1 heterocycles. The van der Waals surface area contributed by atoms with Gasteiger partial charge in [0.15, 0.2) is 0 Å². The van der Waals surface area contributed by atoms with Crippen LogP contribution in [0.5, 0.6) is 0 Å². The molecule has 66 valence electrons. The molecule has 0 aromatic heterocycles. The van der Waals surface area contributed by atoms with Crippen LogP contribution in [-0.2, 0) is 4.84 Å². The third-order valence-corrected chi connectivity index (χ3v) is 2.73. The average molecular weight is 157 g/mol. The van der Waals surface area contributed by atoms with Gasteiger partial charge in [0.05, 0.1) is 6.61 Å². The smallest absolute Gasteiger partial charge is 0.0734 e. The molecule has 0 bridgehead atoms. The van der Waals surface area contributed by atoms with Crippen molar-refractivity contribution in [3.8, 4) is 0 Å². The van der Waals surface area contributed by atoms with Crippen molar-refractivity contribution in [1.29, 1.82) is 0 Å². The van der Waals surface area contributed by atoms with Crippen molar-refractivity contribution in [3.63, 3.8) is 0 Å². The molecule has 11 heavy (non-hydrogen) atoms. The molecule has 1 aliphatic heterocycles. The highest BCUT2D eigenvalue weighted by Gasteiger charge is 2.37. The van der Waals surface area contributed by atoms with Gasteiger partial charge in [0.2, 0.25) is 0 Å². The molecule has 0 spiro atoms. The van der Waals surface area contributed by atoms with Gasteiger partial charge < -0.3 is 0 Å². The summed E-state index contributed by atoms with van der Waals surface area (Å²) < 4.78 is 0. The van der Waals surface area contributed by atoms with E-state index in [4.69, 9.17) is 4.84 Å². The van der Waals surface area contributed by atoms with Crippen molar-refractivity contribution in [2.75, 3.05) is 13.7 Å². The van der Waals surface area contributed by atoms with Gasteiger partial charge in [0.1, 0.15) is 0 Å². The molecule has 1 saturated heterocycles. The third-order valence-electron chi connectivity index (χ3n) is 2.73. The van der Waals surface area contributed by atoms with Crippen molar-refractivity contribution >= 4 is 0 Å². The first-order valence-electron chi connectivity index (χ1n) is 4.28. The maximum Gasteiger partial charge on any atom is 0.0734 e. The molecule has 0 aliphatic carbocycles. The van der Waals surface area contributed by atoms with Crippen LogP contribution >= 0.6 is 0 Å². The molecule has 1 aliphatic rings. The van der Waals surface area contributed by atoms with Gasteiger partial charge >= 0.3 is 0 Å². The molecule has 0 N–H and O–H groups in total. The Labute approximate surface area is 69.5 Å². The van der Waals surface area contributed by atoms with Gasteiger partial charge in [-0.2, -0.15) is 5.06 Å². The van der Waals surface area contributed by atoms with E-state index in [9.17, 15) is 0 Å². The molecular formula is C9H19NO. The second kappa shape index (κ2) is 2.76. The van der Waals surface area contributed by atoms with Crippen molar-refractivity contribution in [3.05, 3.63) is 0 Å². The summed E-state index contributed by atoms with van der Waals surface area (Å²) in [6, 6.07) is 0.551. The van der Waals surface area contributed by atoms with Crippen LogP contribution in [0.4, 0.5) is 0 Å². The molecule has 0 radical (unpaired) electrons. The Bertz CT molecular complexity index is 139. The summed E-state index contributed by atoms with van der Waals surface area (Å²) in [4.78, 5) is 5.44. The fourth-order valence-corrected chi connectivity index (χ4v) is 1.68. The number of hydroxylamine groups is 2. The number of hydrogen-bond donors (Lipinski definition) is 0. The van der Waals surface area contributed by atoms with Crippen molar-refractivity contribution in [2.45, 2.75) is 33.7 Å². The maximum atomic E-state index is 5.44. The first-order chi connectivity index (χ1) is 4.93. The van der Waals surface area contributed by atoms with Gasteiger partial charge in [0.25, 0.3) is 0 Å². The minimum absolute atomic E-state index is 0.365. The average Bonchev–Trinajstić information content (AvgIpc) is 2.11. The lowest BCUT2D eigenvalue weighted by molar-refractivity contribution is -0.106. The lowest BCUT2D eigenvalue weighted by atomic mass is 9.78. The van der Waals surface area contributed by atoms with Gasteiger partial charge in [-0.25, -0.2) is 0 Å². The maximum absolute atomic E-state index is 5.44. The Morgan fingerprint density at radius 1 is 1.36 bits per heavy atom. The quantitative estimate of drug-likeness (QED) is 0.532. The summed E-state index contributed by atoms with van der Waals surface area (Å²) in [6.07, 6.45) is 0. The topological polar surface area (TPSA) is 12.5 Å². The zero-order valence-electron chi connectivity index (χ0n) is 8.22. The molecule has 0 amide bonds. The van der Waals surface area contributed by atoms with Crippen molar-refractivity contribution < 1.29 is 4.84 Å². The second-order valence-corrected chi connectivity index (χ2v) is 4.56. The van der Waals surface area contributed by atoms with E-state index in [2.05, 4.69) is 27.7 Å². The highest BCUT2D eigenvalue weighted by molar-refractivity contribution is 4.84. The fraction of sp³-hybridized carbons (Fsp3) is 1.00. The van der Waals surface area contributed by atoms with E-state index < -0.39 is 0 Å². The summed E-state index contributed by atoms with van der Waals surface area (Å²) in [6.45, 7) is 9.92. The second-order valence-electron chi connectivity index (χ2n) is 4.56. The van der Waals surface area contributed by atoms with E-state index in [1.54, 1.807) is 0 Å². The lowest BCUT2D eigenvalue weighted by Crippen LogP contribution is -2.33. The van der Waals surface area contributed by atoms with Crippen LogP contribution in [0, 0.1) is 11.3 Å². The van der Waals surface area contributed by atoms with E-state index in [-0.39, 0.29) is 0 Å². The molecule has 2 heteroatoms. The Morgan fingerprint density at radius 2 is 1.91 bits per heavy atom. The predicted molar refractivity (Wildman–Crippen MR) is 46.1 cm³/mol. The number of nitrogens with zero attached hydrogens (tertiary/aromatic N) is 1. The minimum atomic E-state index is 0.365. The summed E-state index contributed by atoms with van der Waals surface area (Å²) in [5.41, 5.74) is 0.365. The van der Waals surface area contributed by atoms with Crippen molar-refractivity contribution in [2.24, 2.45) is 11.3 Å². The van der Waals surface area contributed by atoms with Crippen LogP contribution in [0.1, 0.15) is 27.7 Å². The van der Waals surface area contributed by atoms with E-state index in [0.717, 1.165) is 6.61 Å². The van der Waals surface area contributed by atoms with Crippen LogP contribution in [0.2, 0.25) is 0 Å². The Morgan fingerprint density at radius 3 is 2.09 bits per heavy atom. The van der Waals surface area contributed by atoms with E-state index in [0.29, 0.717) is 17.4 Å². The summed E-state index contributed by atoms with van der Waals surface area (Å²) in [5, 5.41) is 1.97. The molecule has 0 aromatic carbocycles. The molecule has 1 rings (SSSR count). The van der Waals surface area contributed by atoms with E-state index >= 15 is 0 Å². The van der Waals surface area contributed by atoms with Crippen LogP contribution in [0.25, 0.3) is 0 Å². The molecule has 2 atom stereocenters. The van der Waals surface area contributed by atoms with Crippen LogP contribution in [0.3, 0.4) is 0 Å². The molecule has 0 aromatic rings. The van der Waals surface area contributed by atoms with Crippen LogP contribution in [0.15, 0.2) is 0 Å². The van der Waals surface area contributed by atoms with Gasteiger partial charge in [-0.05, 0) is 12.3 Å². The zero-order chi connectivity index (χ0) is 8.65. The van der Waals surface area contributed by atoms with Crippen LogP contribution in [-0.4, -0.2) is 24.8 Å². The predicted octanol–water partition coefficient (Wildman–Crippen LogP) is 1.91. The first kappa shape index (κ1) is 9.01. The van der Waals surface area contributed by atoms with E-state index in [1.165, 1.54) is 0 Å². The Kier molecular flexibility index (Phi) is 2.26. The summed E-state index contributed by atoms with van der Waals surface area (Å²) in [7, 11) is 2.01. The lowest BCUT2D eigenvalue weighted by Gasteiger charge is -2.29. The van der Waals surface area contributed by atoms with Gasteiger partial charge in [0, 0.05) is 19.0 Å². The molecular weight excluding hydrogens is 138 g/mol. The number of rotatable bonds is 0. The largest absolute Gasteiger partial charge is 0.299 e. The van der Waals surface area contributed by atoms with Gasteiger partial charge in [-0.15, -0.1) is 0 Å². The molecule has 2 unspecified atom stereocenters. The first-order valence-corrected chi connectivity index (χ1v) is 4.28. The standard InChI is InChI=1S/C9H19NO/c1-7-8(9(2,3)4)6-11-10(7)5/h7-8H,6H2,1-5H3. The highest BCUT2D eigenvalue weighted by Crippen LogP contribution is 2.34. The van der Waals surface area contributed by atoms with E-state index in [1.807, 2.05) is 12.1 Å². The normalized spacial score (nSPS) is 34.6.